The number of hydrogen-bond donors (Lipinski definition) is 0. The average Bonchev–Trinajstić information content (AvgIpc) is 3.15. The van der Waals surface area contributed by atoms with Crippen molar-refractivity contribution >= 4 is 11.8 Å². The van der Waals surface area contributed by atoms with Gasteiger partial charge in [0.05, 0.1) is 5.56 Å². The summed E-state index contributed by atoms with van der Waals surface area (Å²) in [6.45, 7) is 1.92. The van der Waals surface area contributed by atoms with Crippen molar-refractivity contribution in [3.63, 3.8) is 0 Å². The lowest BCUT2D eigenvalue weighted by Gasteiger charge is -2.22. The second-order valence-corrected chi connectivity index (χ2v) is 7.73. The number of hydrogen-bond acceptors (Lipinski definition) is 5. The van der Waals surface area contributed by atoms with Gasteiger partial charge in [-0.1, -0.05) is 30.3 Å². The molecule has 1 aliphatic heterocycles. The third kappa shape index (κ3) is 5.19. The van der Waals surface area contributed by atoms with E-state index in [0.717, 1.165) is 5.56 Å². The molecule has 8 heteroatoms. The van der Waals surface area contributed by atoms with Gasteiger partial charge in [-0.3, -0.25) is 9.59 Å². The fourth-order valence-electron chi connectivity index (χ4n) is 3.78. The van der Waals surface area contributed by atoms with Gasteiger partial charge >= 0.3 is 0 Å². The summed E-state index contributed by atoms with van der Waals surface area (Å²) in [4.78, 5) is 28.7. The molecular formula is C24H25FN4O3. The number of benzene rings is 2. The Hall–Kier alpha value is -3.55. The molecule has 0 saturated carbocycles. The Morgan fingerprint density at radius 1 is 0.906 bits per heavy atom. The van der Waals surface area contributed by atoms with Crippen LogP contribution in [0.5, 0.6) is 0 Å². The van der Waals surface area contributed by atoms with Gasteiger partial charge in [0.1, 0.15) is 5.82 Å². The van der Waals surface area contributed by atoms with Crippen molar-refractivity contribution in [2.45, 2.75) is 25.7 Å². The van der Waals surface area contributed by atoms with E-state index in [4.69, 9.17) is 4.42 Å². The summed E-state index contributed by atoms with van der Waals surface area (Å²) in [5.41, 5.74) is 0.933. The third-order valence-electron chi connectivity index (χ3n) is 5.51. The number of halogens is 1. The Kier molecular flexibility index (Phi) is 6.89. The highest BCUT2D eigenvalue weighted by Gasteiger charge is 2.24. The molecule has 1 aromatic heterocycles. The minimum atomic E-state index is -0.522. The van der Waals surface area contributed by atoms with Gasteiger partial charge in [0.25, 0.3) is 5.91 Å². The van der Waals surface area contributed by atoms with E-state index in [1.165, 1.54) is 12.1 Å². The van der Waals surface area contributed by atoms with Crippen LogP contribution in [0.25, 0.3) is 11.5 Å². The van der Waals surface area contributed by atoms with Crippen LogP contribution < -0.4 is 0 Å². The normalized spacial score (nSPS) is 14.3. The first-order chi connectivity index (χ1) is 15.6. The molecule has 32 heavy (non-hydrogen) atoms. The van der Waals surface area contributed by atoms with Gasteiger partial charge in [0.15, 0.2) is 0 Å². The second-order valence-electron chi connectivity index (χ2n) is 7.73. The third-order valence-corrected chi connectivity index (χ3v) is 5.51. The number of carbonyl (C=O) groups excluding carboxylic acids is 2. The minimum absolute atomic E-state index is 0.0352. The Bertz CT molecular complexity index is 1070. The number of rotatable bonds is 6. The number of amides is 2. The van der Waals surface area contributed by atoms with Crippen LogP contribution in [-0.2, 0) is 11.2 Å². The molecule has 7 nitrogen and oxygen atoms in total. The van der Waals surface area contributed by atoms with Gasteiger partial charge in [-0.05, 0) is 37.1 Å². The van der Waals surface area contributed by atoms with Gasteiger partial charge in [-0.25, -0.2) is 4.39 Å². The second kappa shape index (κ2) is 10.2. The van der Waals surface area contributed by atoms with Crippen molar-refractivity contribution in [1.29, 1.82) is 0 Å². The van der Waals surface area contributed by atoms with Gasteiger partial charge in [-0.15, -0.1) is 10.2 Å². The van der Waals surface area contributed by atoms with Crippen molar-refractivity contribution in [3.8, 4) is 11.5 Å². The number of carbonyl (C=O) groups is 2. The SMILES string of the molecule is O=C(CCCc1nnc(-c2ccccc2)o1)N1CCCN(C(=O)c2ccccc2F)CC1. The lowest BCUT2D eigenvalue weighted by atomic mass is 10.2. The van der Waals surface area contributed by atoms with E-state index in [-0.39, 0.29) is 17.4 Å². The van der Waals surface area contributed by atoms with E-state index >= 15 is 0 Å². The first kappa shape index (κ1) is 21.7. The highest BCUT2D eigenvalue weighted by molar-refractivity contribution is 5.94. The van der Waals surface area contributed by atoms with Crippen LogP contribution in [0.1, 0.15) is 35.5 Å². The molecular weight excluding hydrogens is 411 g/mol. The minimum Gasteiger partial charge on any atom is -0.421 e. The molecule has 1 saturated heterocycles. The Labute approximate surface area is 185 Å². The van der Waals surface area contributed by atoms with E-state index in [1.54, 1.807) is 21.9 Å². The van der Waals surface area contributed by atoms with Crippen LogP contribution in [-0.4, -0.2) is 58.0 Å². The predicted octanol–water partition coefficient (Wildman–Crippen LogP) is 3.57. The molecule has 0 aliphatic carbocycles. The number of aryl methyl sites for hydroxylation is 1. The molecule has 166 valence electrons. The zero-order valence-electron chi connectivity index (χ0n) is 17.7. The summed E-state index contributed by atoms with van der Waals surface area (Å²) < 4.78 is 19.6. The van der Waals surface area contributed by atoms with E-state index in [2.05, 4.69) is 10.2 Å². The molecule has 3 aromatic rings. The Morgan fingerprint density at radius 2 is 1.62 bits per heavy atom. The Morgan fingerprint density at radius 3 is 2.44 bits per heavy atom. The summed E-state index contributed by atoms with van der Waals surface area (Å²) in [5, 5.41) is 8.13. The highest BCUT2D eigenvalue weighted by atomic mass is 19.1. The molecule has 2 amide bonds. The largest absolute Gasteiger partial charge is 0.421 e. The summed E-state index contributed by atoms with van der Waals surface area (Å²) in [6, 6.07) is 15.5. The van der Waals surface area contributed by atoms with E-state index < -0.39 is 5.82 Å². The van der Waals surface area contributed by atoms with Crippen molar-refractivity contribution in [2.75, 3.05) is 26.2 Å². The quantitative estimate of drug-likeness (QED) is 0.590. The van der Waals surface area contributed by atoms with Crippen molar-refractivity contribution < 1.29 is 18.4 Å². The molecule has 0 unspecified atom stereocenters. The molecule has 0 spiro atoms. The molecule has 0 N–H and O–H groups in total. The van der Waals surface area contributed by atoms with Gasteiger partial charge in [0, 0.05) is 44.6 Å². The van der Waals surface area contributed by atoms with Crippen LogP contribution in [0.2, 0.25) is 0 Å². The van der Waals surface area contributed by atoms with Crippen LogP contribution >= 0.6 is 0 Å². The first-order valence-corrected chi connectivity index (χ1v) is 10.8. The monoisotopic (exact) mass is 436 g/mol. The predicted molar refractivity (Wildman–Crippen MR) is 116 cm³/mol. The van der Waals surface area contributed by atoms with E-state index in [1.807, 2.05) is 30.3 Å². The topological polar surface area (TPSA) is 79.5 Å². The van der Waals surface area contributed by atoms with Gasteiger partial charge < -0.3 is 14.2 Å². The maximum atomic E-state index is 13.9. The summed E-state index contributed by atoms with van der Waals surface area (Å²) in [5.74, 6) is 0.162. The summed E-state index contributed by atoms with van der Waals surface area (Å²) in [6.07, 6.45) is 2.15. The highest BCUT2D eigenvalue weighted by Crippen LogP contribution is 2.18. The average molecular weight is 436 g/mol. The van der Waals surface area contributed by atoms with Crippen molar-refractivity contribution in [1.82, 2.24) is 20.0 Å². The number of nitrogens with zero attached hydrogens (tertiary/aromatic N) is 4. The zero-order chi connectivity index (χ0) is 22.3. The van der Waals surface area contributed by atoms with Gasteiger partial charge in [0.2, 0.25) is 17.7 Å². The molecule has 0 radical (unpaired) electrons. The summed E-state index contributed by atoms with van der Waals surface area (Å²) in [7, 11) is 0. The van der Waals surface area contributed by atoms with Crippen LogP contribution in [0.4, 0.5) is 4.39 Å². The van der Waals surface area contributed by atoms with Crippen molar-refractivity contribution in [3.05, 3.63) is 71.9 Å². The van der Waals surface area contributed by atoms with E-state index in [9.17, 15) is 14.0 Å². The standard InChI is InChI=1S/C24H25FN4O3/c25-20-11-5-4-10-19(20)24(31)29-15-7-14-28(16-17-29)22(30)13-6-12-21-26-27-23(32-21)18-8-2-1-3-9-18/h1-5,8-11H,6-7,12-17H2. The fraction of sp³-hybridized carbons (Fsp3) is 0.333. The van der Waals surface area contributed by atoms with Crippen LogP contribution in [0.15, 0.2) is 59.0 Å². The molecule has 0 bridgehead atoms. The van der Waals surface area contributed by atoms with Crippen LogP contribution in [0.3, 0.4) is 0 Å². The zero-order valence-corrected chi connectivity index (χ0v) is 17.7. The van der Waals surface area contributed by atoms with Crippen LogP contribution in [0, 0.1) is 5.82 Å². The smallest absolute Gasteiger partial charge is 0.256 e. The summed E-state index contributed by atoms with van der Waals surface area (Å²) >= 11 is 0. The van der Waals surface area contributed by atoms with Gasteiger partial charge in [-0.2, -0.15) is 0 Å². The first-order valence-electron chi connectivity index (χ1n) is 10.8. The lowest BCUT2D eigenvalue weighted by Crippen LogP contribution is -2.37. The number of aromatic nitrogens is 2. The maximum absolute atomic E-state index is 13.9. The molecule has 0 atom stereocenters. The Balaban J connectivity index is 1.25. The van der Waals surface area contributed by atoms with Crippen molar-refractivity contribution in [2.24, 2.45) is 0 Å². The molecule has 4 rings (SSSR count). The van der Waals surface area contributed by atoms with E-state index in [0.29, 0.717) is 63.6 Å². The lowest BCUT2D eigenvalue weighted by molar-refractivity contribution is -0.131. The molecule has 2 heterocycles. The molecule has 2 aromatic carbocycles. The fourth-order valence-corrected chi connectivity index (χ4v) is 3.78. The molecule has 1 fully saturated rings. The maximum Gasteiger partial charge on any atom is 0.256 e. The molecule has 1 aliphatic rings.